The summed E-state index contributed by atoms with van der Waals surface area (Å²) >= 11 is 6.87. The molecule has 1 N–H and O–H groups in total. The van der Waals surface area contributed by atoms with Gasteiger partial charge in [-0.25, -0.2) is 28.4 Å². The van der Waals surface area contributed by atoms with Crippen molar-refractivity contribution in [1.29, 1.82) is 0 Å². The van der Waals surface area contributed by atoms with Crippen molar-refractivity contribution in [3.63, 3.8) is 0 Å². The third-order valence-corrected chi connectivity index (χ3v) is 11.6. The van der Waals surface area contributed by atoms with Crippen molar-refractivity contribution in [1.82, 2.24) is 19.8 Å². The Hall–Kier alpha value is -2.91. The number of carboxylic acid groups (broad SMARTS) is 1. The Balaban J connectivity index is 1.53. The third-order valence-electron chi connectivity index (χ3n) is 8.22. The number of thioether (sulfide) groups is 1. The number of morpholine rings is 1. The highest BCUT2D eigenvalue weighted by atomic mass is 35.5. The molecular weight excluding hydrogens is 644 g/mol. The van der Waals surface area contributed by atoms with E-state index >= 15 is 8.78 Å². The largest absolute Gasteiger partial charge is 0.465 e. The number of benzene rings is 1. The Bertz CT molecular complexity index is 1520. The predicted octanol–water partition coefficient (Wildman–Crippen LogP) is 5.96. The van der Waals surface area contributed by atoms with Crippen LogP contribution in [0.2, 0.25) is 30.8 Å². The second-order valence-electron chi connectivity index (χ2n) is 12.7. The van der Waals surface area contributed by atoms with Gasteiger partial charge in [0.2, 0.25) is 5.91 Å². The lowest BCUT2D eigenvalue weighted by Gasteiger charge is -2.39. The Morgan fingerprint density at radius 1 is 1.27 bits per heavy atom. The van der Waals surface area contributed by atoms with E-state index in [1.165, 1.54) is 36.7 Å². The molecular formula is C30H36ClF2N5O5SSi. The number of amidine groups is 1. The van der Waals surface area contributed by atoms with Gasteiger partial charge >= 0.3 is 6.09 Å². The first-order valence-electron chi connectivity index (χ1n) is 14.6. The Morgan fingerprint density at radius 2 is 2.00 bits per heavy atom. The molecule has 1 saturated carbocycles. The number of nitrogens with zero attached hydrogens (tertiary/aromatic N) is 5. The first-order chi connectivity index (χ1) is 21.2. The van der Waals surface area contributed by atoms with Crippen molar-refractivity contribution in [3.05, 3.63) is 58.4 Å². The van der Waals surface area contributed by atoms with Crippen LogP contribution in [0.1, 0.15) is 30.2 Å². The molecule has 2 fully saturated rings. The molecule has 1 aromatic heterocycles. The lowest BCUT2D eigenvalue weighted by atomic mass is 9.84. The van der Waals surface area contributed by atoms with Gasteiger partial charge in [-0.3, -0.25) is 9.79 Å². The first kappa shape index (κ1) is 33.5. The van der Waals surface area contributed by atoms with Crippen LogP contribution in [0.15, 0.2) is 35.6 Å². The fourth-order valence-corrected chi connectivity index (χ4v) is 8.05. The number of carbonyl (C=O) groups excluding carboxylic acids is 1. The van der Waals surface area contributed by atoms with Crippen LogP contribution >= 0.6 is 23.4 Å². The number of ether oxygens (including phenoxy) is 2. The zero-order valence-electron chi connectivity index (χ0n) is 25.6. The lowest BCUT2D eigenvalue weighted by molar-refractivity contribution is -0.135. The van der Waals surface area contributed by atoms with E-state index in [0.29, 0.717) is 44.9 Å². The van der Waals surface area contributed by atoms with Gasteiger partial charge in [-0.2, -0.15) is 0 Å². The van der Waals surface area contributed by atoms with E-state index in [1.807, 2.05) is 0 Å². The van der Waals surface area contributed by atoms with E-state index in [2.05, 4.69) is 29.6 Å². The molecule has 5 rings (SSSR count). The number of aliphatic imine (C=N–C) groups is 1. The molecule has 3 aliphatic rings. The molecule has 0 bridgehead atoms. The summed E-state index contributed by atoms with van der Waals surface area (Å²) in [5, 5.41) is 10.4. The number of amides is 2. The lowest BCUT2D eigenvalue weighted by Crippen LogP contribution is -2.51. The minimum atomic E-state index is -1.43. The molecule has 242 valence electrons. The van der Waals surface area contributed by atoms with Crippen molar-refractivity contribution in [2.24, 2.45) is 10.9 Å². The number of hydrogen-bond acceptors (Lipinski definition) is 8. The second-order valence-corrected chi connectivity index (χ2v) is 20.0. The number of halogens is 3. The number of fused-ring (bicyclic) bond motifs is 1. The number of hydrogen-bond donors (Lipinski definition) is 1. The maximum absolute atomic E-state index is 15.7. The summed E-state index contributed by atoms with van der Waals surface area (Å²) in [6, 6.07) is 4.95. The van der Waals surface area contributed by atoms with Gasteiger partial charge in [-0.15, -0.1) is 0 Å². The van der Waals surface area contributed by atoms with Crippen LogP contribution in [0.3, 0.4) is 0 Å². The van der Waals surface area contributed by atoms with Gasteiger partial charge in [0.1, 0.15) is 28.1 Å². The molecule has 2 aliphatic heterocycles. The highest BCUT2D eigenvalue weighted by molar-refractivity contribution is 8.16. The van der Waals surface area contributed by atoms with Crippen LogP contribution in [0, 0.1) is 11.7 Å². The average molecular weight is 680 g/mol. The fraction of sp³-hybridized carbons (Fsp3) is 0.500. The summed E-state index contributed by atoms with van der Waals surface area (Å²) in [5.74, 6) is -1.92. The molecule has 1 saturated heterocycles. The summed E-state index contributed by atoms with van der Waals surface area (Å²) < 4.78 is 41.0. The van der Waals surface area contributed by atoms with E-state index < -0.39 is 42.0 Å². The van der Waals surface area contributed by atoms with Gasteiger partial charge in [-0.05, 0) is 43.2 Å². The van der Waals surface area contributed by atoms with E-state index in [9.17, 15) is 14.7 Å². The smallest absolute Gasteiger partial charge is 0.415 e. The maximum atomic E-state index is 15.7. The summed E-state index contributed by atoms with van der Waals surface area (Å²) in [5.41, 5.74) is -0.948. The zero-order valence-corrected chi connectivity index (χ0v) is 28.1. The molecule has 0 radical (unpaired) electrons. The predicted molar refractivity (Wildman–Crippen MR) is 172 cm³/mol. The molecule has 0 spiro atoms. The van der Waals surface area contributed by atoms with Crippen LogP contribution in [-0.2, 0) is 19.8 Å². The molecule has 1 aliphatic carbocycles. The first-order valence-corrected chi connectivity index (χ1v) is 19.5. The monoisotopic (exact) mass is 679 g/mol. The van der Waals surface area contributed by atoms with E-state index in [1.54, 1.807) is 11.8 Å². The third kappa shape index (κ3) is 7.24. The average Bonchev–Trinajstić information content (AvgIpc) is 3.75. The van der Waals surface area contributed by atoms with E-state index in [-0.39, 0.29) is 34.2 Å². The minimum Gasteiger partial charge on any atom is -0.465 e. The summed E-state index contributed by atoms with van der Waals surface area (Å²) in [6.07, 6.45) is 2.67. The maximum Gasteiger partial charge on any atom is 0.415 e. The SMILES string of the molecule is C[C@]1(c2cc(/C=C(\F)c3cnc(Cl)cn3)ccc2F)N=C(N(COCC[Si](C)(C)C)C(=O)O)S[C@@]2(C(=O)N3CCOCC3)C[C@H]21. The fourth-order valence-electron chi connectivity index (χ4n) is 5.55. The minimum absolute atomic E-state index is 0.0468. The van der Waals surface area contributed by atoms with Crippen LogP contribution in [0.4, 0.5) is 13.6 Å². The molecule has 45 heavy (non-hydrogen) atoms. The molecule has 3 atom stereocenters. The Morgan fingerprint density at radius 3 is 2.64 bits per heavy atom. The second kappa shape index (κ2) is 13.1. The molecule has 0 unspecified atom stereocenters. The van der Waals surface area contributed by atoms with Gasteiger partial charge in [0.25, 0.3) is 0 Å². The summed E-state index contributed by atoms with van der Waals surface area (Å²) in [7, 11) is -1.43. The highest BCUT2D eigenvalue weighted by Gasteiger charge is 2.72. The van der Waals surface area contributed by atoms with Crippen LogP contribution < -0.4 is 0 Å². The molecule has 2 amide bonds. The van der Waals surface area contributed by atoms with Gasteiger partial charge in [0, 0.05) is 39.3 Å². The highest BCUT2D eigenvalue weighted by Crippen LogP contribution is 2.67. The van der Waals surface area contributed by atoms with Crippen molar-refractivity contribution >= 4 is 60.5 Å². The van der Waals surface area contributed by atoms with Gasteiger partial charge in [-0.1, -0.05) is 49.1 Å². The Kier molecular flexibility index (Phi) is 9.71. The van der Waals surface area contributed by atoms with Crippen LogP contribution in [0.25, 0.3) is 11.9 Å². The van der Waals surface area contributed by atoms with Gasteiger partial charge in [0.05, 0.1) is 31.1 Å². The van der Waals surface area contributed by atoms with Gasteiger partial charge in [0.15, 0.2) is 11.0 Å². The van der Waals surface area contributed by atoms with Crippen molar-refractivity contribution in [2.45, 2.75) is 49.3 Å². The van der Waals surface area contributed by atoms with Crippen LogP contribution in [0.5, 0.6) is 0 Å². The topological polar surface area (TPSA) is 117 Å². The van der Waals surface area contributed by atoms with Crippen molar-refractivity contribution < 1.29 is 33.0 Å². The van der Waals surface area contributed by atoms with Crippen LogP contribution in [-0.4, -0.2) is 94.5 Å². The molecule has 15 heteroatoms. The normalized spacial score (nSPS) is 25.0. The number of aromatic nitrogens is 2. The molecule has 3 heterocycles. The summed E-state index contributed by atoms with van der Waals surface area (Å²) in [4.78, 5) is 41.9. The van der Waals surface area contributed by atoms with Gasteiger partial charge < -0.3 is 19.5 Å². The van der Waals surface area contributed by atoms with E-state index in [0.717, 1.165) is 22.7 Å². The molecule has 1 aromatic carbocycles. The number of carbonyl (C=O) groups is 2. The van der Waals surface area contributed by atoms with Crippen molar-refractivity contribution in [2.75, 3.05) is 39.6 Å². The standard InChI is InChI=1S/C30H36ClF2N5O5SSi/c1-29(20-13-19(5-6-21(20)32)14-22(33)23-16-35-25(31)17-34-23)24-15-30(24,26(39)37-7-9-42-10-8-37)44-27(36-29)38(28(40)41)18-43-11-12-45(2,3)4/h5-6,13-14,16-17,24H,7-12,15,18H2,1-4H3,(H,40,41)/b22-14-/t24-,29+,30-/m0/s1. The summed E-state index contributed by atoms with van der Waals surface area (Å²) in [6.45, 7) is 9.97. The molecule has 2 aromatic rings. The Labute approximate surface area is 270 Å². The van der Waals surface area contributed by atoms with E-state index in [4.69, 9.17) is 26.1 Å². The molecule has 10 nitrogen and oxygen atoms in total. The van der Waals surface area contributed by atoms with Crippen molar-refractivity contribution in [3.8, 4) is 0 Å². The quantitative estimate of drug-likeness (QED) is 0.196. The number of rotatable bonds is 9. The zero-order chi connectivity index (χ0) is 32.6.